The van der Waals surface area contributed by atoms with Crippen molar-refractivity contribution in [3.05, 3.63) is 46.5 Å². The Balaban J connectivity index is 0. The molecular formula is C11H15BrF2. The average Bonchev–Trinajstić information content (AvgIpc) is 2.12. The van der Waals surface area contributed by atoms with Crippen LogP contribution in [0.15, 0.2) is 34.8 Å². The van der Waals surface area contributed by atoms with E-state index in [1.54, 1.807) is 0 Å². The summed E-state index contributed by atoms with van der Waals surface area (Å²) in [6.07, 6.45) is 4.00. The van der Waals surface area contributed by atoms with Gasteiger partial charge in [-0.3, -0.25) is 0 Å². The predicted molar refractivity (Wildman–Crippen MR) is 61.3 cm³/mol. The highest BCUT2D eigenvalue weighted by Crippen LogP contribution is 2.14. The van der Waals surface area contributed by atoms with Crippen LogP contribution in [-0.4, -0.2) is 0 Å². The maximum atomic E-state index is 12.3. The first kappa shape index (κ1) is 15.8. The van der Waals surface area contributed by atoms with Crippen molar-refractivity contribution in [3.8, 4) is 0 Å². The molecular weight excluding hydrogens is 250 g/mol. The van der Waals surface area contributed by atoms with Gasteiger partial charge in [0.15, 0.2) is 0 Å². The fourth-order valence-electron chi connectivity index (χ4n) is 0.470. The smallest absolute Gasteiger partial charge is 0.140 e. The third-order valence-corrected chi connectivity index (χ3v) is 1.86. The van der Waals surface area contributed by atoms with Crippen LogP contribution in [0.2, 0.25) is 0 Å². The molecule has 0 saturated carbocycles. The molecule has 0 aliphatic rings. The van der Waals surface area contributed by atoms with Crippen LogP contribution in [0.1, 0.15) is 21.3 Å². The van der Waals surface area contributed by atoms with Crippen LogP contribution in [0.3, 0.4) is 0 Å². The Labute approximate surface area is 92.8 Å². The largest absolute Gasteiger partial charge is 0.207 e. The first-order chi connectivity index (χ1) is 6.11. The van der Waals surface area contributed by atoms with E-state index in [1.165, 1.54) is 12.1 Å². The quantitative estimate of drug-likeness (QED) is 0.460. The number of rotatable bonds is 0. The van der Waals surface area contributed by atoms with E-state index in [-0.39, 0.29) is 11.9 Å². The van der Waals surface area contributed by atoms with Gasteiger partial charge >= 0.3 is 0 Å². The Morgan fingerprint density at radius 3 is 1.93 bits per heavy atom. The van der Waals surface area contributed by atoms with Gasteiger partial charge in [0.25, 0.3) is 0 Å². The van der Waals surface area contributed by atoms with Crippen molar-refractivity contribution < 1.29 is 8.78 Å². The van der Waals surface area contributed by atoms with E-state index >= 15 is 0 Å². The van der Waals surface area contributed by atoms with Gasteiger partial charge in [0.05, 0.1) is 4.47 Å². The van der Waals surface area contributed by atoms with Gasteiger partial charge in [0, 0.05) is 6.07 Å². The maximum Gasteiger partial charge on any atom is 0.140 e. The van der Waals surface area contributed by atoms with Crippen LogP contribution < -0.4 is 0 Å². The van der Waals surface area contributed by atoms with Gasteiger partial charge in [0.2, 0.25) is 0 Å². The lowest BCUT2D eigenvalue weighted by Gasteiger charge is -1.90. The maximum absolute atomic E-state index is 12.3. The molecule has 80 valence electrons. The summed E-state index contributed by atoms with van der Waals surface area (Å²) in [7, 11) is 0. The van der Waals surface area contributed by atoms with Crippen LogP contribution in [-0.2, 0) is 0 Å². The van der Waals surface area contributed by atoms with Crippen LogP contribution >= 0.6 is 15.9 Å². The highest BCUT2D eigenvalue weighted by molar-refractivity contribution is 9.10. The minimum atomic E-state index is -0.574. The Morgan fingerprint density at radius 2 is 1.64 bits per heavy atom. The fourth-order valence-corrected chi connectivity index (χ4v) is 0.717. The zero-order chi connectivity index (χ0) is 10.3. The van der Waals surface area contributed by atoms with Crippen molar-refractivity contribution in [1.82, 2.24) is 0 Å². The minimum Gasteiger partial charge on any atom is -0.207 e. The Hall–Kier alpha value is -0.700. The van der Waals surface area contributed by atoms with Gasteiger partial charge in [-0.1, -0.05) is 19.6 Å². The van der Waals surface area contributed by atoms with Gasteiger partial charge < -0.3 is 0 Å². The van der Waals surface area contributed by atoms with E-state index in [0.29, 0.717) is 0 Å². The summed E-state index contributed by atoms with van der Waals surface area (Å²) in [5.41, 5.74) is 0. The lowest BCUT2D eigenvalue weighted by atomic mass is 10.3. The molecule has 0 aromatic heterocycles. The molecule has 1 rings (SSSR count). The summed E-state index contributed by atoms with van der Waals surface area (Å²) in [5, 5.41) is 0. The monoisotopic (exact) mass is 264 g/mol. The Kier molecular flexibility index (Phi) is 9.99. The van der Waals surface area contributed by atoms with Gasteiger partial charge in [-0.05, 0) is 41.9 Å². The van der Waals surface area contributed by atoms with E-state index in [0.717, 1.165) is 6.07 Å². The molecule has 0 N–H and O–H groups in total. The van der Waals surface area contributed by atoms with Crippen molar-refractivity contribution in [2.75, 3.05) is 0 Å². The van der Waals surface area contributed by atoms with E-state index in [9.17, 15) is 8.78 Å². The lowest BCUT2D eigenvalue weighted by molar-refractivity contribution is 0.579. The zero-order valence-electron chi connectivity index (χ0n) is 7.52. The van der Waals surface area contributed by atoms with E-state index < -0.39 is 11.6 Å². The van der Waals surface area contributed by atoms with E-state index in [1.807, 2.05) is 26.0 Å². The molecule has 0 saturated heterocycles. The number of halogens is 3. The second-order valence-electron chi connectivity index (χ2n) is 2.23. The Morgan fingerprint density at radius 1 is 1.14 bits per heavy atom. The van der Waals surface area contributed by atoms with Crippen molar-refractivity contribution >= 4 is 15.9 Å². The van der Waals surface area contributed by atoms with Crippen LogP contribution in [0.4, 0.5) is 8.78 Å². The molecule has 1 aromatic carbocycles. The zero-order valence-corrected chi connectivity index (χ0v) is 9.11. The molecule has 0 fully saturated rings. The molecule has 0 radical (unpaired) electrons. The molecule has 0 aliphatic heterocycles. The molecule has 0 amide bonds. The number of hydrogen-bond donors (Lipinski definition) is 0. The summed E-state index contributed by atoms with van der Waals surface area (Å²) in [5.74, 6) is -1.13. The average molecular weight is 265 g/mol. The number of allylic oxidation sites excluding steroid dienone is 2. The molecule has 0 spiro atoms. The highest BCUT2D eigenvalue weighted by Gasteiger charge is 1.97. The number of hydrogen-bond acceptors (Lipinski definition) is 0. The molecule has 0 aliphatic carbocycles. The van der Waals surface area contributed by atoms with Crippen molar-refractivity contribution in [2.45, 2.75) is 21.3 Å². The van der Waals surface area contributed by atoms with E-state index in [4.69, 9.17) is 0 Å². The Bertz CT molecular complexity index is 279. The highest BCUT2D eigenvalue weighted by atomic mass is 79.9. The minimum absolute atomic E-state index is 0. The molecule has 1 aromatic rings. The normalized spacial score (nSPS) is 8.93. The SMILES string of the molecule is C.CC=CC.Fc1ccc(Br)c(F)c1. The summed E-state index contributed by atoms with van der Waals surface area (Å²) in [4.78, 5) is 0. The topological polar surface area (TPSA) is 0 Å². The van der Waals surface area contributed by atoms with Crippen LogP contribution in [0, 0.1) is 11.6 Å². The van der Waals surface area contributed by atoms with Crippen molar-refractivity contribution in [3.63, 3.8) is 0 Å². The molecule has 0 bridgehead atoms. The lowest BCUT2D eigenvalue weighted by Crippen LogP contribution is -1.78. The molecule has 3 heteroatoms. The third-order valence-electron chi connectivity index (χ3n) is 1.21. The van der Waals surface area contributed by atoms with E-state index in [2.05, 4.69) is 15.9 Å². The fraction of sp³-hybridized carbons (Fsp3) is 0.273. The predicted octanol–water partition coefficient (Wildman–Crippen LogP) is 4.95. The standard InChI is InChI=1S/C6H3BrF2.C4H8.CH4/c7-5-2-1-4(8)3-6(5)9;1-3-4-2;/h1-3H;3-4H,1-2H3;1H4. The summed E-state index contributed by atoms with van der Waals surface area (Å²) < 4.78 is 24.7. The van der Waals surface area contributed by atoms with Crippen molar-refractivity contribution in [2.24, 2.45) is 0 Å². The van der Waals surface area contributed by atoms with Gasteiger partial charge in [0.1, 0.15) is 11.6 Å². The second kappa shape index (κ2) is 8.88. The second-order valence-corrected chi connectivity index (χ2v) is 3.08. The van der Waals surface area contributed by atoms with Gasteiger partial charge in [-0.25, -0.2) is 8.78 Å². The summed E-state index contributed by atoms with van der Waals surface area (Å²) >= 11 is 2.89. The molecule has 14 heavy (non-hydrogen) atoms. The first-order valence-corrected chi connectivity index (χ1v) is 4.59. The molecule has 0 nitrogen and oxygen atoms in total. The first-order valence-electron chi connectivity index (χ1n) is 3.79. The molecule has 0 unspecified atom stereocenters. The molecule has 0 heterocycles. The van der Waals surface area contributed by atoms with Crippen molar-refractivity contribution in [1.29, 1.82) is 0 Å². The van der Waals surface area contributed by atoms with Crippen LogP contribution in [0.5, 0.6) is 0 Å². The van der Waals surface area contributed by atoms with Gasteiger partial charge in [-0.15, -0.1) is 0 Å². The molecule has 0 atom stereocenters. The number of benzene rings is 1. The van der Waals surface area contributed by atoms with Crippen LogP contribution in [0.25, 0.3) is 0 Å². The summed E-state index contributed by atoms with van der Waals surface area (Å²) in [6.45, 7) is 4.00. The summed E-state index contributed by atoms with van der Waals surface area (Å²) in [6, 6.07) is 3.34. The third kappa shape index (κ3) is 6.78. The van der Waals surface area contributed by atoms with Gasteiger partial charge in [-0.2, -0.15) is 0 Å².